The van der Waals surface area contributed by atoms with E-state index in [0.29, 0.717) is 5.57 Å². The average molecular weight is 482 g/mol. The molecule has 2 aliphatic heterocycles. The van der Waals surface area contributed by atoms with Crippen LogP contribution < -0.4 is 11.1 Å². The number of aliphatic carboxylic acids is 1. The molecule has 3 heterocycles. The quantitative estimate of drug-likeness (QED) is 0.108. The first kappa shape index (κ1) is 23.3. The van der Waals surface area contributed by atoms with Crippen LogP contribution in [0.25, 0.3) is 0 Å². The summed E-state index contributed by atoms with van der Waals surface area (Å²) >= 11 is 2.34. The smallest absolute Gasteiger partial charge is 0.352 e. The molecule has 0 bridgehead atoms. The van der Waals surface area contributed by atoms with Crippen molar-refractivity contribution in [3.8, 4) is 0 Å². The lowest BCUT2D eigenvalue weighted by atomic mass is 10.0. The molecule has 4 N–H and O–H groups in total. The summed E-state index contributed by atoms with van der Waals surface area (Å²) in [5.74, 6) is -3.03. The van der Waals surface area contributed by atoms with Crippen molar-refractivity contribution in [3.63, 3.8) is 0 Å². The zero-order chi connectivity index (χ0) is 23.4. The van der Waals surface area contributed by atoms with Gasteiger partial charge in [0.15, 0.2) is 10.8 Å². The molecule has 2 amide bonds. The van der Waals surface area contributed by atoms with Crippen LogP contribution >= 0.6 is 23.1 Å². The predicted octanol–water partition coefficient (Wildman–Crippen LogP) is -0.0663. The third kappa shape index (κ3) is 4.75. The van der Waals surface area contributed by atoms with E-state index in [9.17, 15) is 24.3 Å². The first-order valence-electron chi connectivity index (χ1n) is 9.11. The zero-order valence-corrected chi connectivity index (χ0v) is 18.4. The summed E-state index contributed by atoms with van der Waals surface area (Å²) in [6.07, 6.45) is 1.44. The molecule has 170 valence electrons. The van der Waals surface area contributed by atoms with Crippen molar-refractivity contribution in [2.45, 2.75) is 18.3 Å². The number of anilines is 1. The molecule has 12 nitrogen and oxygen atoms in total. The Labute approximate surface area is 190 Å². The maximum Gasteiger partial charge on any atom is 0.352 e. The zero-order valence-electron chi connectivity index (χ0n) is 16.8. The summed E-state index contributed by atoms with van der Waals surface area (Å²) in [6.45, 7) is 4.51. The molecule has 1 saturated heterocycles. The molecule has 1 fully saturated rings. The van der Waals surface area contributed by atoms with E-state index >= 15 is 0 Å². The van der Waals surface area contributed by atoms with E-state index in [1.165, 1.54) is 30.1 Å². The number of hydrogen-bond acceptors (Lipinski definition) is 11. The van der Waals surface area contributed by atoms with E-state index in [1.54, 1.807) is 0 Å². The number of amides is 2. The molecule has 0 aromatic carbocycles. The molecule has 0 aliphatic carbocycles. The van der Waals surface area contributed by atoms with E-state index in [0.717, 1.165) is 16.2 Å². The highest BCUT2D eigenvalue weighted by Gasteiger charge is 2.54. The van der Waals surface area contributed by atoms with Gasteiger partial charge in [-0.25, -0.2) is 9.78 Å². The van der Waals surface area contributed by atoms with Gasteiger partial charge in [-0.2, -0.15) is 0 Å². The Morgan fingerprint density at radius 1 is 1.50 bits per heavy atom. The van der Waals surface area contributed by atoms with E-state index in [1.807, 2.05) is 0 Å². The normalized spacial score (nSPS) is 20.2. The topological polar surface area (TPSA) is 174 Å². The number of esters is 1. The third-order valence-corrected chi connectivity index (χ3v) is 6.33. The van der Waals surface area contributed by atoms with Crippen molar-refractivity contribution in [3.05, 3.63) is 35.0 Å². The van der Waals surface area contributed by atoms with Gasteiger partial charge >= 0.3 is 11.9 Å². The number of carboxylic acids is 1. The molecule has 0 saturated carbocycles. The number of oxime groups is 1. The highest BCUT2D eigenvalue weighted by Crippen LogP contribution is 2.40. The lowest BCUT2D eigenvalue weighted by Crippen LogP contribution is -2.71. The van der Waals surface area contributed by atoms with Crippen molar-refractivity contribution < 1.29 is 33.9 Å². The summed E-state index contributed by atoms with van der Waals surface area (Å²) in [6, 6.07) is -0.988. The average Bonchev–Trinajstić information content (AvgIpc) is 3.18. The van der Waals surface area contributed by atoms with Gasteiger partial charge in [-0.3, -0.25) is 19.3 Å². The number of nitrogens with two attached hydrogens (primary N) is 1. The molecule has 14 heteroatoms. The molecule has 32 heavy (non-hydrogen) atoms. The first-order valence-corrected chi connectivity index (χ1v) is 11.0. The van der Waals surface area contributed by atoms with Crippen molar-refractivity contribution in [1.29, 1.82) is 0 Å². The van der Waals surface area contributed by atoms with Crippen LogP contribution in [0.2, 0.25) is 0 Å². The summed E-state index contributed by atoms with van der Waals surface area (Å²) in [7, 11) is 0. The Kier molecular flexibility index (Phi) is 7.15. The molecule has 2 atom stereocenters. The second-order valence-electron chi connectivity index (χ2n) is 6.49. The van der Waals surface area contributed by atoms with Crippen LogP contribution in [0.1, 0.15) is 12.6 Å². The minimum atomic E-state index is -1.33. The number of carbonyl (C=O) groups is 4. The van der Waals surface area contributed by atoms with Crippen molar-refractivity contribution >= 4 is 57.7 Å². The summed E-state index contributed by atoms with van der Waals surface area (Å²) < 4.78 is 4.89. The number of thioether (sulfide) groups is 1. The van der Waals surface area contributed by atoms with Crippen LogP contribution in [0.4, 0.5) is 5.13 Å². The molecule has 0 radical (unpaired) electrons. The number of aromatic nitrogens is 1. The minimum absolute atomic E-state index is 0.0445. The Bertz CT molecular complexity index is 1030. The fourth-order valence-corrected chi connectivity index (χ4v) is 4.82. The first-order chi connectivity index (χ1) is 15.2. The number of nitrogens with one attached hydrogen (secondary N) is 1. The predicted molar refractivity (Wildman–Crippen MR) is 116 cm³/mol. The molecular weight excluding hydrogens is 462 g/mol. The van der Waals surface area contributed by atoms with Crippen LogP contribution in [0.15, 0.2) is 34.5 Å². The second kappa shape index (κ2) is 9.82. The number of ether oxygens (including phenoxy) is 1. The standard InChI is InChI=1S/C18H19N5O7S2/c1-3-4-30-22-11(10-7-32-18(19)20-10)14(25)21-12-15(26)23-13(17(27)28)9(5-29-8(2)24)6-31-16(12)23/h3,7,12,16H,1,4-6H2,2H3,(H2,19,20)(H,21,25)(H,27,28)/b22-11-. The molecule has 2 aliphatic rings. The van der Waals surface area contributed by atoms with Gasteiger partial charge < -0.3 is 25.7 Å². The second-order valence-corrected chi connectivity index (χ2v) is 8.49. The van der Waals surface area contributed by atoms with Crippen LogP contribution in [0.3, 0.4) is 0 Å². The van der Waals surface area contributed by atoms with Gasteiger partial charge in [-0.05, 0) is 0 Å². The minimum Gasteiger partial charge on any atom is -0.477 e. The maximum atomic E-state index is 12.8. The highest BCUT2D eigenvalue weighted by molar-refractivity contribution is 8.00. The van der Waals surface area contributed by atoms with Crippen molar-refractivity contribution in [2.24, 2.45) is 5.16 Å². The summed E-state index contributed by atoms with van der Waals surface area (Å²) in [5, 5.41) is 17.0. The molecular formula is C18H19N5O7S2. The number of rotatable bonds is 9. The molecule has 3 rings (SSSR count). The van der Waals surface area contributed by atoms with Crippen LogP contribution in [-0.2, 0) is 28.8 Å². The number of nitrogens with zero attached hydrogens (tertiary/aromatic N) is 3. The van der Waals surface area contributed by atoms with Gasteiger partial charge in [0.05, 0.1) is 0 Å². The highest BCUT2D eigenvalue weighted by atomic mass is 32.2. The number of hydrogen-bond donors (Lipinski definition) is 3. The van der Waals surface area contributed by atoms with Gasteiger partial charge in [-0.1, -0.05) is 17.8 Å². The van der Waals surface area contributed by atoms with Crippen LogP contribution in [-0.4, -0.2) is 74.8 Å². The number of fused-ring (bicyclic) bond motifs is 1. The Hall–Kier alpha value is -3.39. The number of β-lactam (4-membered cyclic amide) rings is 1. The molecule has 2 unspecified atom stereocenters. The maximum absolute atomic E-state index is 12.8. The Morgan fingerprint density at radius 2 is 2.25 bits per heavy atom. The Balaban J connectivity index is 1.78. The fraction of sp³-hybridized carbons (Fsp3) is 0.333. The van der Waals surface area contributed by atoms with Gasteiger partial charge in [0.25, 0.3) is 11.8 Å². The lowest BCUT2D eigenvalue weighted by Gasteiger charge is -2.49. The van der Waals surface area contributed by atoms with Gasteiger partial charge in [0.1, 0.15) is 36.0 Å². The fourth-order valence-electron chi connectivity index (χ4n) is 2.95. The number of carboxylic acid groups (broad SMARTS) is 1. The molecule has 1 aromatic rings. The lowest BCUT2D eigenvalue weighted by molar-refractivity contribution is -0.150. The summed E-state index contributed by atoms with van der Waals surface area (Å²) in [4.78, 5) is 58.5. The van der Waals surface area contributed by atoms with E-state index in [-0.39, 0.29) is 41.2 Å². The van der Waals surface area contributed by atoms with Crippen molar-refractivity contribution in [2.75, 3.05) is 24.7 Å². The van der Waals surface area contributed by atoms with Crippen LogP contribution in [0, 0.1) is 0 Å². The third-order valence-electron chi connectivity index (χ3n) is 4.31. The van der Waals surface area contributed by atoms with Gasteiger partial charge in [-0.15, -0.1) is 23.1 Å². The van der Waals surface area contributed by atoms with Crippen LogP contribution in [0.5, 0.6) is 0 Å². The number of carbonyl (C=O) groups excluding carboxylic acids is 3. The molecule has 0 spiro atoms. The van der Waals surface area contributed by atoms with Crippen molar-refractivity contribution in [1.82, 2.24) is 15.2 Å². The van der Waals surface area contributed by atoms with E-state index < -0.39 is 35.2 Å². The largest absolute Gasteiger partial charge is 0.477 e. The van der Waals surface area contributed by atoms with E-state index in [4.69, 9.17) is 15.3 Å². The monoisotopic (exact) mass is 481 g/mol. The van der Waals surface area contributed by atoms with Gasteiger partial charge in [0, 0.05) is 23.6 Å². The van der Waals surface area contributed by atoms with E-state index in [2.05, 4.69) is 22.0 Å². The summed E-state index contributed by atoms with van der Waals surface area (Å²) in [5.41, 5.74) is 5.66. The number of nitrogen functional groups attached to an aromatic ring is 1. The SMILES string of the molecule is C=CCO/N=C(\C(=O)NC1C(=O)N2C(C(=O)O)=C(COC(C)=O)CSC12)c1csc(N)n1. The van der Waals surface area contributed by atoms with Gasteiger partial charge in [0.2, 0.25) is 0 Å². The molecule has 1 aromatic heterocycles. The Morgan fingerprint density at radius 3 is 2.84 bits per heavy atom. The number of thiazole rings is 1.